The minimum atomic E-state index is -0.345. The van der Waals surface area contributed by atoms with Crippen LogP contribution in [-0.2, 0) is 9.47 Å². The van der Waals surface area contributed by atoms with E-state index < -0.39 is 0 Å². The number of hydrogen-bond acceptors (Lipinski definition) is 3. The maximum Gasteiger partial charge on any atom is 0.0861 e. The second-order valence-electron chi connectivity index (χ2n) is 5.33. The highest BCUT2D eigenvalue weighted by molar-refractivity contribution is 4.87. The van der Waals surface area contributed by atoms with Gasteiger partial charge in [-0.15, -0.1) is 0 Å². The van der Waals surface area contributed by atoms with Crippen molar-refractivity contribution in [3.63, 3.8) is 0 Å². The van der Waals surface area contributed by atoms with Gasteiger partial charge in [0, 0.05) is 13.7 Å². The average Bonchev–Trinajstić information content (AvgIpc) is 3.06. The fourth-order valence-corrected chi connectivity index (χ4v) is 1.94. The van der Waals surface area contributed by atoms with Crippen LogP contribution in [0.2, 0.25) is 0 Å². The molecule has 0 radical (unpaired) electrons. The highest BCUT2D eigenvalue weighted by Gasteiger charge is 2.36. The zero-order valence-electron chi connectivity index (χ0n) is 11.0. The number of hydrogen-bond donors (Lipinski definition) is 1. The Bertz CT molecular complexity index is 199. The van der Waals surface area contributed by atoms with Crippen LogP contribution in [0.1, 0.15) is 46.5 Å². The predicted molar refractivity (Wildman–Crippen MR) is 64.5 cm³/mol. The Labute approximate surface area is 99.1 Å². The van der Waals surface area contributed by atoms with Gasteiger partial charge in [0.25, 0.3) is 0 Å². The van der Waals surface area contributed by atoms with Crippen LogP contribution in [0.5, 0.6) is 0 Å². The molecular formula is C13H26O3. The van der Waals surface area contributed by atoms with Gasteiger partial charge in [0.15, 0.2) is 0 Å². The van der Waals surface area contributed by atoms with Crippen molar-refractivity contribution in [1.29, 1.82) is 0 Å². The Morgan fingerprint density at radius 1 is 1.38 bits per heavy atom. The Balaban J connectivity index is 2.33. The molecule has 1 aliphatic rings. The molecule has 0 aliphatic heterocycles. The van der Waals surface area contributed by atoms with E-state index in [1.54, 1.807) is 7.11 Å². The largest absolute Gasteiger partial charge is 0.390 e. The normalized spacial score (nSPS) is 20.8. The van der Waals surface area contributed by atoms with Gasteiger partial charge in [-0.25, -0.2) is 0 Å². The van der Waals surface area contributed by atoms with Crippen molar-refractivity contribution < 1.29 is 14.6 Å². The Hall–Kier alpha value is -0.120. The van der Waals surface area contributed by atoms with Crippen LogP contribution in [0.3, 0.4) is 0 Å². The molecule has 0 spiro atoms. The van der Waals surface area contributed by atoms with E-state index in [0.717, 1.165) is 12.8 Å². The lowest BCUT2D eigenvalue weighted by Gasteiger charge is -2.27. The summed E-state index contributed by atoms with van der Waals surface area (Å²) in [5.41, 5.74) is -0.151. The molecule has 0 amide bonds. The second kappa shape index (κ2) is 5.99. The van der Waals surface area contributed by atoms with Gasteiger partial charge in [-0.2, -0.15) is 0 Å². The van der Waals surface area contributed by atoms with Crippen molar-refractivity contribution in [2.45, 2.75) is 64.3 Å². The van der Waals surface area contributed by atoms with Crippen LogP contribution >= 0.6 is 0 Å². The minimum absolute atomic E-state index is 0.0395. The average molecular weight is 230 g/mol. The maximum atomic E-state index is 10.1. The fourth-order valence-electron chi connectivity index (χ4n) is 1.94. The molecular weight excluding hydrogens is 204 g/mol. The smallest absolute Gasteiger partial charge is 0.0861 e. The van der Waals surface area contributed by atoms with Gasteiger partial charge < -0.3 is 14.6 Å². The third kappa shape index (κ3) is 4.40. The van der Waals surface area contributed by atoms with Gasteiger partial charge in [0.1, 0.15) is 0 Å². The van der Waals surface area contributed by atoms with Gasteiger partial charge in [0.05, 0.1) is 17.8 Å². The van der Waals surface area contributed by atoms with Crippen LogP contribution in [0, 0.1) is 5.92 Å². The zero-order chi connectivity index (χ0) is 12.2. The van der Waals surface area contributed by atoms with Crippen LogP contribution in [0.15, 0.2) is 0 Å². The molecule has 1 fully saturated rings. The van der Waals surface area contributed by atoms with Crippen molar-refractivity contribution in [3.8, 4) is 0 Å². The highest BCUT2D eigenvalue weighted by atomic mass is 16.5. The third-order valence-electron chi connectivity index (χ3n) is 3.42. The van der Waals surface area contributed by atoms with E-state index in [9.17, 15) is 5.11 Å². The van der Waals surface area contributed by atoms with Gasteiger partial charge in [-0.1, -0.05) is 0 Å². The molecule has 3 nitrogen and oxygen atoms in total. The molecule has 16 heavy (non-hydrogen) atoms. The summed E-state index contributed by atoms with van der Waals surface area (Å²) < 4.78 is 11.0. The Morgan fingerprint density at radius 3 is 2.44 bits per heavy atom. The minimum Gasteiger partial charge on any atom is -0.390 e. The topological polar surface area (TPSA) is 38.7 Å². The SMILES string of the molecule is CCOC(C(O)CCC(C)(C)OC)C1CC1. The molecule has 0 aromatic rings. The van der Waals surface area contributed by atoms with E-state index in [4.69, 9.17) is 9.47 Å². The number of rotatable bonds is 8. The second-order valence-corrected chi connectivity index (χ2v) is 5.33. The van der Waals surface area contributed by atoms with Crippen molar-refractivity contribution in [3.05, 3.63) is 0 Å². The molecule has 1 rings (SSSR count). The molecule has 3 heteroatoms. The van der Waals surface area contributed by atoms with Crippen LogP contribution in [0.4, 0.5) is 0 Å². The first kappa shape index (κ1) is 13.9. The molecule has 0 heterocycles. The number of aliphatic hydroxyl groups is 1. The molecule has 2 atom stereocenters. The third-order valence-corrected chi connectivity index (χ3v) is 3.42. The molecule has 96 valence electrons. The van der Waals surface area contributed by atoms with Gasteiger partial charge >= 0.3 is 0 Å². The summed E-state index contributed by atoms with van der Waals surface area (Å²) in [4.78, 5) is 0. The summed E-state index contributed by atoms with van der Waals surface area (Å²) in [7, 11) is 1.72. The summed E-state index contributed by atoms with van der Waals surface area (Å²) in [6, 6.07) is 0. The van der Waals surface area contributed by atoms with Crippen molar-refractivity contribution in [2.75, 3.05) is 13.7 Å². The highest BCUT2D eigenvalue weighted by Crippen LogP contribution is 2.37. The van der Waals surface area contributed by atoms with Gasteiger partial charge in [-0.05, 0) is 52.4 Å². The Kier molecular flexibility index (Phi) is 5.22. The molecule has 0 saturated heterocycles. The van der Waals surface area contributed by atoms with Crippen molar-refractivity contribution >= 4 is 0 Å². The van der Waals surface area contributed by atoms with E-state index in [-0.39, 0.29) is 17.8 Å². The van der Waals surface area contributed by atoms with Crippen LogP contribution in [-0.4, -0.2) is 36.6 Å². The van der Waals surface area contributed by atoms with Crippen molar-refractivity contribution in [1.82, 2.24) is 0 Å². The van der Waals surface area contributed by atoms with E-state index in [2.05, 4.69) is 0 Å². The van der Waals surface area contributed by atoms with E-state index in [1.807, 2.05) is 20.8 Å². The van der Waals surface area contributed by atoms with Crippen molar-refractivity contribution in [2.24, 2.45) is 5.92 Å². The summed E-state index contributed by atoms with van der Waals surface area (Å²) >= 11 is 0. The van der Waals surface area contributed by atoms with Crippen LogP contribution < -0.4 is 0 Å². The standard InChI is InChI=1S/C13H26O3/c1-5-16-12(10-6-7-10)11(14)8-9-13(2,3)15-4/h10-12,14H,5-9H2,1-4H3. The number of ether oxygens (including phenoxy) is 2. The molecule has 2 unspecified atom stereocenters. The molecule has 0 aromatic heterocycles. The molecule has 0 aromatic carbocycles. The summed E-state index contributed by atoms with van der Waals surface area (Å²) in [6.07, 6.45) is 3.72. The lowest BCUT2D eigenvalue weighted by Crippen LogP contribution is -2.33. The fraction of sp³-hybridized carbons (Fsp3) is 1.00. The number of aliphatic hydroxyl groups excluding tert-OH is 1. The van der Waals surface area contributed by atoms with Gasteiger partial charge in [-0.3, -0.25) is 0 Å². The monoisotopic (exact) mass is 230 g/mol. The van der Waals surface area contributed by atoms with E-state index in [1.165, 1.54) is 12.8 Å². The first-order valence-corrected chi connectivity index (χ1v) is 6.35. The van der Waals surface area contributed by atoms with Crippen LogP contribution in [0.25, 0.3) is 0 Å². The van der Waals surface area contributed by atoms with Gasteiger partial charge in [0.2, 0.25) is 0 Å². The molecule has 1 saturated carbocycles. The molecule has 1 N–H and O–H groups in total. The lowest BCUT2D eigenvalue weighted by atomic mass is 9.96. The quantitative estimate of drug-likeness (QED) is 0.695. The first-order valence-electron chi connectivity index (χ1n) is 6.35. The summed E-state index contributed by atoms with van der Waals surface area (Å²) in [5.74, 6) is 0.584. The maximum absolute atomic E-state index is 10.1. The molecule has 1 aliphatic carbocycles. The first-order chi connectivity index (χ1) is 7.50. The summed E-state index contributed by atoms with van der Waals surface area (Å²) in [5, 5.41) is 10.1. The zero-order valence-corrected chi connectivity index (χ0v) is 11.0. The van der Waals surface area contributed by atoms with E-state index in [0.29, 0.717) is 12.5 Å². The summed E-state index contributed by atoms with van der Waals surface area (Å²) in [6.45, 7) is 6.77. The lowest BCUT2D eigenvalue weighted by molar-refractivity contribution is -0.0610. The Morgan fingerprint density at radius 2 is 2.00 bits per heavy atom. The van der Waals surface area contributed by atoms with E-state index >= 15 is 0 Å². The number of methoxy groups -OCH3 is 1. The molecule has 0 bridgehead atoms. The predicted octanol–water partition coefficient (Wildman–Crippen LogP) is 2.37.